The maximum absolute atomic E-state index is 13.5. The molecule has 0 bridgehead atoms. The molecular weight excluding hydrogens is 312 g/mol. The lowest BCUT2D eigenvalue weighted by molar-refractivity contribution is 0.0938. The van der Waals surface area contributed by atoms with Gasteiger partial charge in [-0.1, -0.05) is 31.7 Å². The first-order valence-electron chi connectivity index (χ1n) is 6.72. The molecule has 0 saturated heterocycles. The second-order valence-electron chi connectivity index (χ2n) is 4.58. The molecule has 8 heteroatoms. The van der Waals surface area contributed by atoms with Gasteiger partial charge in [-0.2, -0.15) is 0 Å². The lowest BCUT2D eigenvalue weighted by Crippen LogP contribution is -2.25. The van der Waals surface area contributed by atoms with E-state index in [1.165, 1.54) is 17.8 Å². The van der Waals surface area contributed by atoms with Gasteiger partial charge in [-0.3, -0.25) is 4.79 Å². The molecule has 5 nitrogen and oxygen atoms in total. The number of benzene rings is 1. The van der Waals surface area contributed by atoms with Gasteiger partial charge in [0, 0.05) is 5.25 Å². The first-order valence-corrected chi connectivity index (χ1v) is 7.60. The van der Waals surface area contributed by atoms with E-state index in [9.17, 15) is 13.6 Å². The van der Waals surface area contributed by atoms with Crippen molar-refractivity contribution in [3.63, 3.8) is 0 Å². The van der Waals surface area contributed by atoms with E-state index in [2.05, 4.69) is 15.5 Å². The van der Waals surface area contributed by atoms with E-state index in [1.807, 2.05) is 13.8 Å². The van der Waals surface area contributed by atoms with Crippen LogP contribution in [0.3, 0.4) is 0 Å². The number of hydrogen-bond donors (Lipinski definition) is 1. The average Bonchev–Trinajstić information content (AvgIpc) is 2.92. The van der Waals surface area contributed by atoms with Gasteiger partial charge in [0.05, 0.1) is 6.54 Å². The molecule has 1 heterocycles. The highest BCUT2D eigenvalue weighted by molar-refractivity contribution is 7.99. The molecular formula is C14H15F2N3O2S. The van der Waals surface area contributed by atoms with Crippen molar-refractivity contribution in [2.75, 3.05) is 0 Å². The van der Waals surface area contributed by atoms with Crippen molar-refractivity contribution in [2.45, 2.75) is 37.3 Å². The molecule has 0 aliphatic rings. The van der Waals surface area contributed by atoms with Gasteiger partial charge in [0.25, 0.3) is 11.1 Å². The van der Waals surface area contributed by atoms with Gasteiger partial charge < -0.3 is 9.73 Å². The number of rotatable bonds is 6. The van der Waals surface area contributed by atoms with E-state index in [-0.39, 0.29) is 12.4 Å². The topological polar surface area (TPSA) is 68.0 Å². The predicted molar refractivity (Wildman–Crippen MR) is 77.4 cm³/mol. The summed E-state index contributed by atoms with van der Waals surface area (Å²) < 4.78 is 32.3. The van der Waals surface area contributed by atoms with Crippen LogP contribution >= 0.6 is 11.8 Å². The molecule has 0 spiro atoms. The number of nitrogens with one attached hydrogen (secondary N) is 1. The Hall–Kier alpha value is -1.96. The van der Waals surface area contributed by atoms with Gasteiger partial charge in [0.1, 0.15) is 17.2 Å². The fraction of sp³-hybridized carbons (Fsp3) is 0.357. The first-order chi connectivity index (χ1) is 10.5. The summed E-state index contributed by atoms with van der Waals surface area (Å²) in [5, 5.41) is 10.7. The summed E-state index contributed by atoms with van der Waals surface area (Å²) in [6.45, 7) is 3.97. The van der Waals surface area contributed by atoms with Crippen molar-refractivity contribution in [3.05, 3.63) is 41.3 Å². The molecule has 0 fully saturated rings. The molecule has 0 aliphatic carbocycles. The van der Waals surface area contributed by atoms with Gasteiger partial charge in [-0.15, -0.1) is 10.2 Å². The highest BCUT2D eigenvalue weighted by Gasteiger charge is 2.18. The van der Waals surface area contributed by atoms with E-state index in [1.54, 1.807) is 0 Å². The smallest absolute Gasteiger partial charge is 0.276 e. The summed E-state index contributed by atoms with van der Waals surface area (Å²) in [4.78, 5) is 11.8. The number of amides is 1. The van der Waals surface area contributed by atoms with Crippen LogP contribution in [-0.4, -0.2) is 21.4 Å². The van der Waals surface area contributed by atoms with Crippen LogP contribution in [0, 0.1) is 11.6 Å². The third kappa shape index (κ3) is 4.03. The highest BCUT2D eigenvalue weighted by Crippen LogP contribution is 2.23. The molecule has 0 saturated carbocycles. The summed E-state index contributed by atoms with van der Waals surface area (Å²) in [7, 11) is 0. The Balaban J connectivity index is 1.97. The van der Waals surface area contributed by atoms with Crippen molar-refractivity contribution in [3.8, 4) is 0 Å². The van der Waals surface area contributed by atoms with Crippen molar-refractivity contribution < 1.29 is 18.0 Å². The Morgan fingerprint density at radius 3 is 2.68 bits per heavy atom. The van der Waals surface area contributed by atoms with Crippen molar-refractivity contribution in [1.29, 1.82) is 0 Å². The molecule has 0 aliphatic heterocycles. The lowest BCUT2D eigenvalue weighted by atomic mass is 10.2. The van der Waals surface area contributed by atoms with Crippen LogP contribution in [0.25, 0.3) is 0 Å². The molecule has 1 aromatic carbocycles. The van der Waals surface area contributed by atoms with Gasteiger partial charge in [0.15, 0.2) is 0 Å². The summed E-state index contributed by atoms with van der Waals surface area (Å²) in [5.41, 5.74) is -0.629. The second-order valence-corrected chi connectivity index (χ2v) is 5.97. The van der Waals surface area contributed by atoms with E-state index < -0.39 is 23.1 Å². The van der Waals surface area contributed by atoms with Crippen LogP contribution in [0.5, 0.6) is 0 Å². The van der Waals surface area contributed by atoms with Gasteiger partial charge >= 0.3 is 0 Å². The molecule has 2 aromatic rings. The molecule has 118 valence electrons. The fourth-order valence-electron chi connectivity index (χ4n) is 1.57. The van der Waals surface area contributed by atoms with Crippen molar-refractivity contribution >= 4 is 17.7 Å². The minimum Gasteiger partial charge on any atom is -0.414 e. The van der Waals surface area contributed by atoms with Crippen LogP contribution < -0.4 is 5.32 Å². The monoisotopic (exact) mass is 327 g/mol. The maximum Gasteiger partial charge on any atom is 0.276 e. The van der Waals surface area contributed by atoms with E-state index >= 15 is 0 Å². The second kappa shape index (κ2) is 7.35. The van der Waals surface area contributed by atoms with Crippen molar-refractivity contribution in [1.82, 2.24) is 15.5 Å². The van der Waals surface area contributed by atoms with Gasteiger partial charge in [0.2, 0.25) is 5.89 Å². The Bertz CT molecular complexity index is 643. The zero-order chi connectivity index (χ0) is 16.1. The maximum atomic E-state index is 13.5. The average molecular weight is 327 g/mol. The molecule has 1 amide bonds. The Kier molecular flexibility index (Phi) is 5.48. The summed E-state index contributed by atoms with van der Waals surface area (Å²) in [6.07, 6.45) is 0.950. The molecule has 0 radical (unpaired) electrons. The Morgan fingerprint density at radius 1 is 1.36 bits per heavy atom. The van der Waals surface area contributed by atoms with Crippen LogP contribution in [-0.2, 0) is 6.54 Å². The summed E-state index contributed by atoms with van der Waals surface area (Å²) >= 11 is 1.43. The number of hydrogen-bond acceptors (Lipinski definition) is 5. The summed E-state index contributed by atoms with van der Waals surface area (Å²) in [6, 6.07) is 3.23. The fourth-order valence-corrected chi connectivity index (χ4v) is 2.31. The zero-order valence-electron chi connectivity index (χ0n) is 12.1. The molecule has 1 aromatic heterocycles. The van der Waals surface area contributed by atoms with Crippen LogP contribution in [0.1, 0.15) is 36.5 Å². The standard InChI is InChI=1S/C14H15F2N3O2S/c1-3-8(2)22-14-19-18-11(21-14)7-17-13(20)12-9(15)5-4-6-10(12)16/h4-6,8H,3,7H2,1-2H3,(H,17,20)/t8-/m0/s1. The van der Waals surface area contributed by atoms with Gasteiger partial charge in [-0.25, -0.2) is 8.78 Å². The van der Waals surface area contributed by atoms with Crippen LogP contribution in [0.2, 0.25) is 0 Å². The minimum absolute atomic E-state index is 0.0966. The Morgan fingerprint density at radius 2 is 2.05 bits per heavy atom. The number of carbonyl (C=O) groups excluding carboxylic acids is 1. The van der Waals surface area contributed by atoms with Crippen LogP contribution in [0.15, 0.2) is 27.8 Å². The van der Waals surface area contributed by atoms with E-state index in [0.29, 0.717) is 10.5 Å². The minimum atomic E-state index is -0.920. The molecule has 0 unspecified atom stereocenters. The van der Waals surface area contributed by atoms with E-state index in [4.69, 9.17) is 4.42 Å². The predicted octanol–water partition coefficient (Wildman–Crippen LogP) is 3.17. The molecule has 1 atom stereocenters. The number of halogens is 2. The molecule has 22 heavy (non-hydrogen) atoms. The number of thioether (sulfide) groups is 1. The van der Waals surface area contributed by atoms with Crippen LogP contribution in [0.4, 0.5) is 8.78 Å². The summed E-state index contributed by atoms with van der Waals surface area (Å²) in [5.74, 6) is -2.53. The number of aromatic nitrogens is 2. The normalized spacial score (nSPS) is 12.2. The Labute approximate surface area is 130 Å². The quantitative estimate of drug-likeness (QED) is 0.825. The zero-order valence-corrected chi connectivity index (χ0v) is 12.9. The first kappa shape index (κ1) is 16.4. The third-order valence-electron chi connectivity index (χ3n) is 2.92. The van der Waals surface area contributed by atoms with E-state index in [0.717, 1.165) is 18.6 Å². The SMILES string of the molecule is CC[C@H](C)Sc1nnc(CNC(=O)c2c(F)cccc2F)o1. The molecule has 2 rings (SSSR count). The lowest BCUT2D eigenvalue weighted by Gasteiger charge is -2.05. The number of carbonyl (C=O) groups is 1. The molecule has 1 N–H and O–H groups in total. The van der Waals surface area contributed by atoms with Crippen molar-refractivity contribution in [2.24, 2.45) is 0 Å². The largest absolute Gasteiger partial charge is 0.414 e. The third-order valence-corrected chi connectivity index (χ3v) is 4.02. The number of nitrogens with zero attached hydrogens (tertiary/aromatic N) is 2. The van der Waals surface area contributed by atoms with Gasteiger partial charge in [-0.05, 0) is 18.6 Å². The highest BCUT2D eigenvalue weighted by atomic mass is 32.2.